The van der Waals surface area contributed by atoms with E-state index in [9.17, 15) is 4.79 Å². The van der Waals surface area contributed by atoms with Crippen molar-refractivity contribution in [2.75, 3.05) is 13.7 Å². The smallest absolute Gasteiger partial charge is 0.325 e. The molecule has 2 unspecified atom stereocenters. The van der Waals surface area contributed by atoms with Gasteiger partial charge in [-0.25, -0.2) is 0 Å². The molecule has 0 radical (unpaired) electrons. The van der Waals surface area contributed by atoms with Gasteiger partial charge in [0.15, 0.2) is 0 Å². The van der Waals surface area contributed by atoms with E-state index in [0.29, 0.717) is 6.42 Å². The molecule has 90 valence electrons. The van der Waals surface area contributed by atoms with Crippen LogP contribution in [0.5, 0.6) is 0 Å². The average molecular weight is 219 g/mol. The van der Waals surface area contributed by atoms with Crippen LogP contribution in [0, 0.1) is 0 Å². The lowest BCUT2D eigenvalue weighted by molar-refractivity contribution is -0.149. The lowest BCUT2D eigenvalue weighted by atomic mass is 10.1. The van der Waals surface area contributed by atoms with Crippen LogP contribution in [0.3, 0.4) is 0 Å². The fourth-order valence-corrected chi connectivity index (χ4v) is 0.793. The lowest BCUT2D eigenvalue weighted by Gasteiger charge is -2.23. The summed E-state index contributed by atoms with van der Waals surface area (Å²) in [5, 5.41) is 9.05. The van der Waals surface area contributed by atoms with E-state index in [2.05, 4.69) is 0 Å². The van der Waals surface area contributed by atoms with Crippen molar-refractivity contribution >= 4 is 5.97 Å². The Hall–Kier alpha value is -0.650. The van der Waals surface area contributed by atoms with E-state index in [1.807, 2.05) is 13.8 Å². The first-order chi connectivity index (χ1) is 6.80. The highest BCUT2D eigenvalue weighted by Gasteiger charge is 2.22. The molecule has 5 nitrogen and oxygen atoms in total. The summed E-state index contributed by atoms with van der Waals surface area (Å²) in [6.07, 6.45) is -0.310. The van der Waals surface area contributed by atoms with E-state index < -0.39 is 18.1 Å². The predicted molar refractivity (Wildman–Crippen MR) is 56.3 cm³/mol. The van der Waals surface area contributed by atoms with Crippen LogP contribution >= 0.6 is 0 Å². The number of ether oxygens (including phenoxy) is 2. The number of hydrogen-bond acceptors (Lipinski definition) is 5. The van der Waals surface area contributed by atoms with Gasteiger partial charge in [-0.2, -0.15) is 0 Å². The number of hydrogen-bond donors (Lipinski definition) is 2. The number of nitrogens with two attached hydrogens (primary N) is 1. The van der Waals surface area contributed by atoms with Crippen LogP contribution in [0.15, 0.2) is 0 Å². The SMILES string of the molecule is COC(C)(C)CCOC(=O)C(N)C(C)O. The molecule has 2 atom stereocenters. The van der Waals surface area contributed by atoms with Crippen LogP contribution in [0.25, 0.3) is 0 Å². The molecule has 0 heterocycles. The number of carbonyl (C=O) groups is 1. The Morgan fingerprint density at radius 2 is 2.07 bits per heavy atom. The fraction of sp³-hybridized carbons (Fsp3) is 0.900. The van der Waals surface area contributed by atoms with Crippen molar-refractivity contribution in [3.05, 3.63) is 0 Å². The van der Waals surface area contributed by atoms with Crippen molar-refractivity contribution in [2.24, 2.45) is 5.73 Å². The van der Waals surface area contributed by atoms with Gasteiger partial charge < -0.3 is 20.3 Å². The van der Waals surface area contributed by atoms with Gasteiger partial charge in [0.25, 0.3) is 0 Å². The first-order valence-electron chi connectivity index (χ1n) is 4.95. The van der Waals surface area contributed by atoms with Crippen molar-refractivity contribution in [3.63, 3.8) is 0 Å². The van der Waals surface area contributed by atoms with Crippen LogP contribution in [0.4, 0.5) is 0 Å². The Kier molecular flexibility index (Phi) is 5.79. The Morgan fingerprint density at radius 1 is 1.53 bits per heavy atom. The van der Waals surface area contributed by atoms with Crippen LogP contribution in [-0.4, -0.2) is 42.5 Å². The third-order valence-electron chi connectivity index (χ3n) is 2.29. The Morgan fingerprint density at radius 3 is 2.47 bits per heavy atom. The maximum absolute atomic E-state index is 11.2. The highest BCUT2D eigenvalue weighted by Crippen LogP contribution is 2.12. The van der Waals surface area contributed by atoms with Gasteiger partial charge in [-0.15, -0.1) is 0 Å². The second-order valence-electron chi connectivity index (χ2n) is 4.15. The molecule has 0 spiro atoms. The molecule has 0 fully saturated rings. The zero-order valence-electron chi connectivity index (χ0n) is 9.82. The molecule has 5 heteroatoms. The Bertz CT molecular complexity index is 204. The lowest BCUT2D eigenvalue weighted by Crippen LogP contribution is -2.41. The number of rotatable bonds is 6. The van der Waals surface area contributed by atoms with Crippen molar-refractivity contribution in [1.82, 2.24) is 0 Å². The van der Waals surface area contributed by atoms with Crippen molar-refractivity contribution in [2.45, 2.75) is 44.9 Å². The van der Waals surface area contributed by atoms with Gasteiger partial charge in [0.05, 0.1) is 18.3 Å². The summed E-state index contributed by atoms with van der Waals surface area (Å²) in [5.74, 6) is -0.586. The maximum Gasteiger partial charge on any atom is 0.325 e. The van der Waals surface area contributed by atoms with Crippen LogP contribution in [0.1, 0.15) is 27.2 Å². The largest absolute Gasteiger partial charge is 0.464 e. The summed E-state index contributed by atoms with van der Waals surface area (Å²) < 4.78 is 10.1. The highest BCUT2D eigenvalue weighted by molar-refractivity contribution is 5.76. The van der Waals surface area contributed by atoms with Gasteiger partial charge in [-0.1, -0.05) is 0 Å². The molecule has 0 aliphatic rings. The van der Waals surface area contributed by atoms with Gasteiger partial charge in [0.2, 0.25) is 0 Å². The molecule has 0 rings (SSSR count). The van der Waals surface area contributed by atoms with E-state index in [1.54, 1.807) is 7.11 Å². The van der Waals surface area contributed by atoms with E-state index in [0.717, 1.165) is 0 Å². The third kappa shape index (κ3) is 5.71. The minimum absolute atomic E-state index is 0.236. The van der Waals surface area contributed by atoms with E-state index in [-0.39, 0.29) is 12.2 Å². The molecule has 0 saturated carbocycles. The van der Waals surface area contributed by atoms with Gasteiger partial charge in [-0.05, 0) is 20.8 Å². The van der Waals surface area contributed by atoms with Gasteiger partial charge >= 0.3 is 5.97 Å². The van der Waals surface area contributed by atoms with Crippen LogP contribution in [-0.2, 0) is 14.3 Å². The Balaban J connectivity index is 3.83. The van der Waals surface area contributed by atoms with Crippen LogP contribution in [0.2, 0.25) is 0 Å². The monoisotopic (exact) mass is 219 g/mol. The molecular weight excluding hydrogens is 198 g/mol. The zero-order chi connectivity index (χ0) is 12.1. The summed E-state index contributed by atoms with van der Waals surface area (Å²) in [7, 11) is 1.60. The molecule has 0 aromatic carbocycles. The van der Waals surface area contributed by atoms with Crippen molar-refractivity contribution < 1.29 is 19.4 Å². The first-order valence-corrected chi connectivity index (χ1v) is 4.95. The maximum atomic E-state index is 11.2. The van der Waals surface area contributed by atoms with Gasteiger partial charge in [-0.3, -0.25) is 4.79 Å². The van der Waals surface area contributed by atoms with Crippen LogP contribution < -0.4 is 5.73 Å². The number of methoxy groups -OCH3 is 1. The van der Waals surface area contributed by atoms with E-state index >= 15 is 0 Å². The first kappa shape index (κ1) is 14.3. The average Bonchev–Trinajstić information content (AvgIpc) is 2.16. The number of carbonyl (C=O) groups excluding carboxylic acids is 1. The molecule has 3 N–H and O–H groups in total. The molecule has 0 saturated heterocycles. The topological polar surface area (TPSA) is 81.8 Å². The summed E-state index contributed by atoms with van der Waals surface area (Å²) in [6, 6.07) is -0.976. The highest BCUT2D eigenvalue weighted by atomic mass is 16.5. The van der Waals surface area contributed by atoms with Crippen molar-refractivity contribution in [1.29, 1.82) is 0 Å². The quantitative estimate of drug-likeness (QED) is 0.617. The molecule has 0 aliphatic heterocycles. The minimum Gasteiger partial charge on any atom is -0.464 e. The zero-order valence-corrected chi connectivity index (χ0v) is 9.82. The molecule has 0 aromatic heterocycles. The second kappa shape index (κ2) is 6.05. The summed E-state index contributed by atoms with van der Waals surface area (Å²) in [4.78, 5) is 11.2. The standard InChI is InChI=1S/C10H21NO4/c1-7(12)8(11)9(13)15-6-5-10(2,3)14-4/h7-8,12H,5-6,11H2,1-4H3. The van der Waals surface area contributed by atoms with Gasteiger partial charge in [0.1, 0.15) is 6.04 Å². The third-order valence-corrected chi connectivity index (χ3v) is 2.29. The van der Waals surface area contributed by atoms with E-state index in [1.165, 1.54) is 6.92 Å². The van der Waals surface area contributed by atoms with Gasteiger partial charge in [0, 0.05) is 13.5 Å². The normalized spacial score (nSPS) is 15.9. The Labute approximate surface area is 90.5 Å². The molecule has 0 aliphatic carbocycles. The van der Waals surface area contributed by atoms with E-state index in [4.69, 9.17) is 20.3 Å². The summed E-state index contributed by atoms with van der Waals surface area (Å²) in [6.45, 7) is 5.48. The number of aliphatic hydroxyl groups excluding tert-OH is 1. The molecule has 0 aromatic rings. The molecule has 0 amide bonds. The number of aliphatic hydroxyl groups is 1. The molecule has 15 heavy (non-hydrogen) atoms. The second-order valence-corrected chi connectivity index (χ2v) is 4.15. The minimum atomic E-state index is -0.976. The fourth-order valence-electron chi connectivity index (χ4n) is 0.793. The molecule has 0 bridgehead atoms. The summed E-state index contributed by atoms with van der Waals surface area (Å²) >= 11 is 0. The predicted octanol–water partition coefficient (Wildman–Crippen LogP) is 0.0528. The summed E-state index contributed by atoms with van der Waals surface area (Å²) in [5.41, 5.74) is 5.06. The van der Waals surface area contributed by atoms with Crippen molar-refractivity contribution in [3.8, 4) is 0 Å². The molecular formula is C10H21NO4. The number of esters is 1.